The third-order valence-electron chi connectivity index (χ3n) is 13.8. The van der Waals surface area contributed by atoms with Gasteiger partial charge in [-0.05, 0) is 118 Å². The molecule has 12 rings (SSSR count). The Kier molecular flexibility index (Phi) is 11.6. The second kappa shape index (κ2) is 18.1. The maximum atomic E-state index is 6.11. The van der Waals surface area contributed by atoms with E-state index in [1.807, 2.05) is 18.2 Å². The first kappa shape index (κ1) is 42.9. The fourth-order valence-electron chi connectivity index (χ4n) is 10.1. The molecule has 1 heteroatoms. The van der Waals surface area contributed by atoms with Gasteiger partial charge in [0.1, 0.15) is 0 Å². The van der Waals surface area contributed by atoms with E-state index >= 15 is 0 Å². The molecule has 10 aromatic rings. The quantitative estimate of drug-likeness (QED) is 0.171. The summed E-state index contributed by atoms with van der Waals surface area (Å²) in [5.41, 5.74) is 30.5. The van der Waals surface area contributed by atoms with Gasteiger partial charge in [0.2, 0.25) is 0 Å². The molecular weight excluding hydrogens is 807 g/mol. The molecule has 0 amide bonds. The van der Waals surface area contributed by atoms with Gasteiger partial charge in [0.25, 0.3) is 0 Å². The van der Waals surface area contributed by atoms with E-state index in [1.165, 1.54) is 100 Å². The van der Waals surface area contributed by atoms with Crippen molar-refractivity contribution in [1.29, 1.82) is 0 Å². The van der Waals surface area contributed by atoms with E-state index in [2.05, 4.69) is 258 Å². The van der Waals surface area contributed by atoms with E-state index in [9.17, 15) is 0 Å². The summed E-state index contributed by atoms with van der Waals surface area (Å²) >= 11 is 0. The van der Waals surface area contributed by atoms with E-state index < -0.39 is 0 Å². The average molecular weight is 862 g/mol. The van der Waals surface area contributed by atoms with Crippen LogP contribution in [0.1, 0.15) is 49.9 Å². The van der Waals surface area contributed by atoms with Crippen LogP contribution in [0.2, 0.25) is 0 Å². The topological polar surface area (TPSA) is 26.0 Å². The number of anilines is 1. The monoisotopic (exact) mass is 861 g/mol. The Hall–Kier alpha value is -8.00. The lowest BCUT2D eigenvalue weighted by Gasteiger charge is -2.22. The highest BCUT2D eigenvalue weighted by Crippen LogP contribution is 2.51. The van der Waals surface area contributed by atoms with Gasteiger partial charge in [0.15, 0.2) is 0 Å². The number of nitrogen functional groups attached to an aromatic ring is 1. The Bertz CT molecular complexity index is 3180. The van der Waals surface area contributed by atoms with Gasteiger partial charge < -0.3 is 5.73 Å². The number of nitrogens with two attached hydrogens (primary N) is 1. The van der Waals surface area contributed by atoms with Gasteiger partial charge in [-0.1, -0.05) is 258 Å². The first-order chi connectivity index (χ1) is 32.6. The smallest absolute Gasteiger partial charge is 0.0317 e. The van der Waals surface area contributed by atoms with Crippen molar-refractivity contribution >= 4 is 5.69 Å². The molecular formula is C66H55N. The number of benzene rings is 10. The van der Waals surface area contributed by atoms with Crippen molar-refractivity contribution in [3.8, 4) is 77.9 Å². The third-order valence-corrected chi connectivity index (χ3v) is 13.8. The summed E-state index contributed by atoms with van der Waals surface area (Å²) in [4.78, 5) is 0. The van der Waals surface area contributed by atoms with E-state index in [-0.39, 0.29) is 10.8 Å². The van der Waals surface area contributed by atoms with Crippen LogP contribution in [0, 0.1) is 0 Å². The molecule has 0 unspecified atom stereocenters. The molecule has 2 N–H and O–H groups in total. The first-order valence-electron chi connectivity index (χ1n) is 23.4. The van der Waals surface area contributed by atoms with E-state index in [4.69, 9.17) is 5.73 Å². The largest absolute Gasteiger partial charge is 0.399 e. The van der Waals surface area contributed by atoms with Gasteiger partial charge in [0.05, 0.1) is 0 Å². The molecule has 2 aliphatic rings. The van der Waals surface area contributed by atoms with Crippen LogP contribution in [0.3, 0.4) is 0 Å². The summed E-state index contributed by atoms with van der Waals surface area (Å²) in [6.45, 7) is 9.20. The Morgan fingerprint density at radius 3 is 0.866 bits per heavy atom. The Balaban J connectivity index is 0.000000132. The van der Waals surface area contributed by atoms with Crippen LogP contribution in [0.4, 0.5) is 5.69 Å². The predicted octanol–water partition coefficient (Wildman–Crippen LogP) is 17.6. The van der Waals surface area contributed by atoms with Crippen molar-refractivity contribution in [1.82, 2.24) is 0 Å². The lowest BCUT2D eigenvalue weighted by Crippen LogP contribution is -2.15. The SMILES string of the molecule is CC1(C)c2cc(N)ccc2-c2ccc(-c3ccc(-c4ccc(-c5ccccc5)cc4)cc3)cc21.CC1(C)c2ccccc2-c2ccccc21.c1ccc(-c2ccc(-c3ccccc3)cc2)cc1. The zero-order valence-electron chi connectivity index (χ0n) is 38.7. The highest BCUT2D eigenvalue weighted by Gasteiger charge is 2.36. The van der Waals surface area contributed by atoms with Crippen LogP contribution in [0.5, 0.6) is 0 Å². The fraction of sp³-hybridized carbons (Fsp3) is 0.0909. The van der Waals surface area contributed by atoms with Crippen LogP contribution in [-0.4, -0.2) is 0 Å². The van der Waals surface area contributed by atoms with Crippen LogP contribution in [0.25, 0.3) is 77.9 Å². The standard InChI is InChI=1S/C33H27N.C18H14.C15H14/c1-33(2)31-20-27(16-18-29(31)30-19-17-28(34)21-32(30)33)26-14-12-25(13-15-26)24-10-8-23(9-11-24)22-6-4-3-5-7-22;1-3-7-15(8-4-1)17-11-13-18(14-12-17)16-9-5-2-6-10-16;1-15(2)13-9-5-3-7-11(13)12-8-4-6-10-14(12)15/h3-21H,34H2,1-2H3;1-14H;3-10H,1-2H3. The number of hydrogen-bond acceptors (Lipinski definition) is 1. The molecule has 0 spiro atoms. The minimum absolute atomic E-state index is 0.0590. The summed E-state index contributed by atoms with van der Waals surface area (Å²) in [7, 11) is 0. The molecule has 0 heterocycles. The molecule has 0 bridgehead atoms. The molecule has 0 saturated carbocycles. The minimum atomic E-state index is -0.0590. The van der Waals surface area contributed by atoms with Crippen molar-refractivity contribution in [3.05, 3.63) is 271 Å². The molecule has 0 aliphatic heterocycles. The number of hydrogen-bond donors (Lipinski definition) is 1. The van der Waals surface area contributed by atoms with Crippen LogP contribution >= 0.6 is 0 Å². The van der Waals surface area contributed by atoms with Crippen molar-refractivity contribution in [2.75, 3.05) is 5.73 Å². The molecule has 0 atom stereocenters. The lowest BCUT2D eigenvalue weighted by atomic mass is 9.81. The van der Waals surface area contributed by atoms with Crippen molar-refractivity contribution < 1.29 is 0 Å². The van der Waals surface area contributed by atoms with Gasteiger partial charge in [-0.2, -0.15) is 0 Å². The Morgan fingerprint density at radius 2 is 0.478 bits per heavy atom. The Labute approximate surface area is 396 Å². The highest BCUT2D eigenvalue weighted by atomic mass is 14.6. The maximum Gasteiger partial charge on any atom is 0.0317 e. The molecule has 0 fully saturated rings. The second-order valence-electron chi connectivity index (χ2n) is 18.7. The van der Waals surface area contributed by atoms with Gasteiger partial charge in [-0.25, -0.2) is 0 Å². The van der Waals surface area contributed by atoms with Crippen LogP contribution in [-0.2, 0) is 10.8 Å². The normalized spacial score (nSPS) is 13.1. The van der Waals surface area contributed by atoms with Gasteiger partial charge in [0, 0.05) is 16.5 Å². The predicted molar refractivity (Wildman–Crippen MR) is 286 cm³/mol. The lowest BCUT2D eigenvalue weighted by molar-refractivity contribution is 0.660. The molecule has 0 aromatic heterocycles. The van der Waals surface area contributed by atoms with Crippen molar-refractivity contribution in [2.45, 2.75) is 38.5 Å². The summed E-state index contributed by atoms with van der Waals surface area (Å²) in [6.07, 6.45) is 0. The zero-order chi connectivity index (χ0) is 46.0. The van der Waals surface area contributed by atoms with Gasteiger partial charge >= 0.3 is 0 Å². The van der Waals surface area contributed by atoms with Crippen molar-refractivity contribution in [3.63, 3.8) is 0 Å². The summed E-state index contributed by atoms with van der Waals surface area (Å²) in [5.74, 6) is 0. The molecule has 2 aliphatic carbocycles. The number of rotatable bonds is 5. The summed E-state index contributed by atoms with van der Waals surface area (Å²) in [5, 5.41) is 0. The highest BCUT2D eigenvalue weighted by molar-refractivity contribution is 5.85. The van der Waals surface area contributed by atoms with E-state index in [1.54, 1.807) is 0 Å². The summed E-state index contributed by atoms with van der Waals surface area (Å²) < 4.78 is 0. The van der Waals surface area contributed by atoms with Gasteiger partial charge in [-0.3, -0.25) is 0 Å². The maximum absolute atomic E-state index is 6.11. The third kappa shape index (κ3) is 8.53. The van der Waals surface area contributed by atoms with Crippen LogP contribution in [0.15, 0.2) is 249 Å². The molecule has 10 aromatic carbocycles. The molecule has 67 heavy (non-hydrogen) atoms. The number of fused-ring (bicyclic) bond motifs is 6. The molecule has 0 radical (unpaired) electrons. The molecule has 324 valence electrons. The fourth-order valence-corrected chi connectivity index (χ4v) is 10.1. The van der Waals surface area contributed by atoms with Gasteiger partial charge in [-0.15, -0.1) is 0 Å². The zero-order valence-corrected chi connectivity index (χ0v) is 38.7. The second-order valence-corrected chi connectivity index (χ2v) is 18.7. The average Bonchev–Trinajstić information content (AvgIpc) is 3.76. The Morgan fingerprint density at radius 1 is 0.224 bits per heavy atom. The van der Waals surface area contributed by atoms with Crippen LogP contribution < -0.4 is 5.73 Å². The van der Waals surface area contributed by atoms with E-state index in [0.29, 0.717) is 0 Å². The molecule has 1 nitrogen and oxygen atoms in total. The molecule has 0 saturated heterocycles. The van der Waals surface area contributed by atoms with Crippen molar-refractivity contribution in [2.24, 2.45) is 0 Å². The summed E-state index contributed by atoms with van der Waals surface area (Å²) in [6, 6.07) is 88.5. The first-order valence-corrected chi connectivity index (χ1v) is 23.4. The van der Waals surface area contributed by atoms with E-state index in [0.717, 1.165) is 5.69 Å². The minimum Gasteiger partial charge on any atom is -0.399 e.